The maximum Gasteiger partial charge on any atom is 0.00671 e. The van der Waals surface area contributed by atoms with Gasteiger partial charge >= 0.3 is 0 Å². The molecule has 2 aliphatic carbocycles. The number of hydrogen-bond donors (Lipinski definition) is 1. The molecule has 94 valence electrons. The zero-order valence-electron chi connectivity index (χ0n) is 11.0. The Bertz CT molecular complexity index is 174. The van der Waals surface area contributed by atoms with Gasteiger partial charge in [-0.3, -0.25) is 0 Å². The van der Waals surface area contributed by atoms with E-state index in [1.165, 1.54) is 70.8 Å². The van der Waals surface area contributed by atoms with Crippen molar-refractivity contribution in [3.05, 3.63) is 0 Å². The molecule has 2 rings (SSSR count). The highest BCUT2D eigenvalue weighted by atomic mass is 14.9. The average Bonchev–Trinajstić information content (AvgIpc) is 2.71. The minimum atomic E-state index is 0.769. The van der Waals surface area contributed by atoms with Crippen LogP contribution in [0.5, 0.6) is 0 Å². The van der Waals surface area contributed by atoms with Crippen LogP contribution in [0.3, 0.4) is 0 Å². The highest BCUT2D eigenvalue weighted by Gasteiger charge is 2.22. The standard InChI is InChI=1S/C15H29N/c1-13(15-10-6-7-11-15)16-12-14-8-4-2-3-5-9-14/h13-16H,2-12H2,1H3. The van der Waals surface area contributed by atoms with Crippen molar-refractivity contribution in [2.24, 2.45) is 11.8 Å². The summed E-state index contributed by atoms with van der Waals surface area (Å²) in [6, 6.07) is 0.769. The number of nitrogens with one attached hydrogen (secondary N) is 1. The lowest BCUT2D eigenvalue weighted by Gasteiger charge is -2.23. The second kappa shape index (κ2) is 6.64. The van der Waals surface area contributed by atoms with Gasteiger partial charge in [-0.25, -0.2) is 0 Å². The first-order valence-corrected chi connectivity index (χ1v) is 7.59. The summed E-state index contributed by atoms with van der Waals surface area (Å²) in [4.78, 5) is 0. The van der Waals surface area contributed by atoms with Crippen LogP contribution in [-0.2, 0) is 0 Å². The Morgan fingerprint density at radius 2 is 1.44 bits per heavy atom. The molecule has 0 aromatic carbocycles. The van der Waals surface area contributed by atoms with E-state index in [-0.39, 0.29) is 0 Å². The van der Waals surface area contributed by atoms with Gasteiger partial charge in [0.05, 0.1) is 0 Å². The molecule has 0 radical (unpaired) electrons. The fourth-order valence-electron chi connectivity index (χ4n) is 3.54. The molecule has 0 spiro atoms. The second-order valence-electron chi connectivity index (χ2n) is 6.10. The van der Waals surface area contributed by atoms with Crippen LogP contribution in [0.2, 0.25) is 0 Å². The van der Waals surface area contributed by atoms with Crippen LogP contribution in [0.25, 0.3) is 0 Å². The summed E-state index contributed by atoms with van der Waals surface area (Å²) in [5.41, 5.74) is 0. The molecule has 1 atom stereocenters. The van der Waals surface area contributed by atoms with Crippen molar-refractivity contribution >= 4 is 0 Å². The molecule has 1 heteroatoms. The SMILES string of the molecule is CC(NCC1CCCCCC1)C1CCCC1. The molecule has 0 aromatic heterocycles. The Morgan fingerprint density at radius 3 is 2.06 bits per heavy atom. The van der Waals surface area contributed by atoms with Gasteiger partial charge in [0.25, 0.3) is 0 Å². The summed E-state index contributed by atoms with van der Waals surface area (Å²) in [6.45, 7) is 3.70. The van der Waals surface area contributed by atoms with Gasteiger partial charge in [0.2, 0.25) is 0 Å². The first-order chi connectivity index (χ1) is 7.86. The molecule has 1 N–H and O–H groups in total. The fourth-order valence-corrected chi connectivity index (χ4v) is 3.54. The normalized spacial score (nSPS) is 26.8. The van der Waals surface area contributed by atoms with Crippen molar-refractivity contribution in [2.45, 2.75) is 77.2 Å². The molecule has 1 unspecified atom stereocenters. The van der Waals surface area contributed by atoms with Crippen LogP contribution in [0.4, 0.5) is 0 Å². The van der Waals surface area contributed by atoms with Gasteiger partial charge in [0, 0.05) is 6.04 Å². The maximum atomic E-state index is 3.82. The largest absolute Gasteiger partial charge is 0.314 e. The van der Waals surface area contributed by atoms with E-state index in [4.69, 9.17) is 0 Å². The zero-order valence-corrected chi connectivity index (χ0v) is 11.0. The Morgan fingerprint density at radius 1 is 0.875 bits per heavy atom. The molecule has 0 heterocycles. The third-order valence-electron chi connectivity index (χ3n) is 4.81. The summed E-state index contributed by atoms with van der Waals surface area (Å²) in [5, 5.41) is 3.82. The molecule has 1 nitrogen and oxygen atoms in total. The predicted octanol–water partition coefficient (Wildman–Crippen LogP) is 4.13. The minimum absolute atomic E-state index is 0.769. The summed E-state index contributed by atoms with van der Waals surface area (Å²) in [7, 11) is 0. The summed E-state index contributed by atoms with van der Waals surface area (Å²) < 4.78 is 0. The van der Waals surface area contributed by atoms with Gasteiger partial charge in [0.15, 0.2) is 0 Å². The smallest absolute Gasteiger partial charge is 0.00671 e. The highest BCUT2D eigenvalue weighted by molar-refractivity contribution is 4.78. The summed E-state index contributed by atoms with van der Waals surface area (Å²) >= 11 is 0. The number of hydrogen-bond acceptors (Lipinski definition) is 1. The second-order valence-corrected chi connectivity index (χ2v) is 6.10. The highest BCUT2D eigenvalue weighted by Crippen LogP contribution is 2.28. The molecule has 0 amide bonds. The van der Waals surface area contributed by atoms with E-state index in [1.807, 2.05) is 0 Å². The van der Waals surface area contributed by atoms with Crippen molar-refractivity contribution in [1.82, 2.24) is 5.32 Å². The van der Waals surface area contributed by atoms with Crippen molar-refractivity contribution < 1.29 is 0 Å². The third kappa shape index (κ3) is 3.76. The van der Waals surface area contributed by atoms with Gasteiger partial charge < -0.3 is 5.32 Å². The Labute approximate surface area is 101 Å². The lowest BCUT2D eigenvalue weighted by molar-refractivity contribution is 0.336. The summed E-state index contributed by atoms with van der Waals surface area (Å²) in [5.74, 6) is 1.96. The average molecular weight is 223 g/mol. The van der Waals surface area contributed by atoms with Crippen LogP contribution in [0.15, 0.2) is 0 Å². The Kier molecular flexibility index (Phi) is 5.15. The Hall–Kier alpha value is -0.0400. The minimum Gasteiger partial charge on any atom is -0.314 e. The van der Waals surface area contributed by atoms with Crippen molar-refractivity contribution in [1.29, 1.82) is 0 Å². The zero-order chi connectivity index (χ0) is 11.2. The van der Waals surface area contributed by atoms with E-state index in [0.29, 0.717) is 0 Å². The Balaban J connectivity index is 1.64. The predicted molar refractivity (Wildman–Crippen MR) is 70.6 cm³/mol. The quantitative estimate of drug-likeness (QED) is 0.707. The van der Waals surface area contributed by atoms with Gasteiger partial charge in [-0.15, -0.1) is 0 Å². The lowest BCUT2D eigenvalue weighted by Crippen LogP contribution is -2.35. The molecule has 2 saturated carbocycles. The van der Waals surface area contributed by atoms with E-state index in [9.17, 15) is 0 Å². The molecule has 16 heavy (non-hydrogen) atoms. The van der Waals surface area contributed by atoms with E-state index in [0.717, 1.165) is 17.9 Å². The summed E-state index contributed by atoms with van der Waals surface area (Å²) in [6.07, 6.45) is 14.8. The van der Waals surface area contributed by atoms with E-state index in [2.05, 4.69) is 12.2 Å². The van der Waals surface area contributed by atoms with Crippen molar-refractivity contribution in [3.63, 3.8) is 0 Å². The molecule has 2 aliphatic rings. The van der Waals surface area contributed by atoms with E-state index >= 15 is 0 Å². The van der Waals surface area contributed by atoms with Crippen molar-refractivity contribution in [3.8, 4) is 0 Å². The molecular formula is C15H29N. The van der Waals surface area contributed by atoms with Crippen LogP contribution >= 0.6 is 0 Å². The first kappa shape index (κ1) is 12.4. The molecule has 0 aliphatic heterocycles. The van der Waals surface area contributed by atoms with Crippen LogP contribution in [-0.4, -0.2) is 12.6 Å². The van der Waals surface area contributed by atoms with Gasteiger partial charge in [-0.1, -0.05) is 38.5 Å². The molecule has 0 aromatic rings. The molecule has 0 bridgehead atoms. The topological polar surface area (TPSA) is 12.0 Å². The van der Waals surface area contributed by atoms with Crippen LogP contribution in [0, 0.1) is 11.8 Å². The van der Waals surface area contributed by atoms with Gasteiger partial charge in [-0.2, -0.15) is 0 Å². The fraction of sp³-hybridized carbons (Fsp3) is 1.00. The van der Waals surface area contributed by atoms with Gasteiger partial charge in [0.1, 0.15) is 0 Å². The molecule has 0 saturated heterocycles. The van der Waals surface area contributed by atoms with Crippen LogP contribution < -0.4 is 5.32 Å². The maximum absolute atomic E-state index is 3.82. The first-order valence-electron chi connectivity index (χ1n) is 7.59. The van der Waals surface area contributed by atoms with Crippen LogP contribution in [0.1, 0.15) is 71.1 Å². The third-order valence-corrected chi connectivity index (χ3v) is 4.81. The monoisotopic (exact) mass is 223 g/mol. The molecule has 2 fully saturated rings. The van der Waals surface area contributed by atoms with Gasteiger partial charge in [-0.05, 0) is 51.0 Å². The van der Waals surface area contributed by atoms with Crippen molar-refractivity contribution in [2.75, 3.05) is 6.54 Å². The van der Waals surface area contributed by atoms with E-state index in [1.54, 1.807) is 0 Å². The van der Waals surface area contributed by atoms with E-state index < -0.39 is 0 Å². The number of rotatable bonds is 4. The molecular weight excluding hydrogens is 194 g/mol. The lowest BCUT2D eigenvalue weighted by atomic mass is 9.96.